The summed E-state index contributed by atoms with van der Waals surface area (Å²) in [5.41, 5.74) is 3.65. The van der Waals surface area contributed by atoms with Crippen molar-refractivity contribution in [2.24, 2.45) is 5.10 Å². The SMILES string of the molecule is c1ccc(N(N=c2c3ccccc3oc3ccccc23)c2ccccc2)cc1. The van der Waals surface area contributed by atoms with Crippen molar-refractivity contribution in [3.05, 3.63) is 115 Å². The van der Waals surface area contributed by atoms with Crippen LogP contribution in [0.2, 0.25) is 0 Å². The molecule has 0 aliphatic carbocycles. The highest BCUT2D eigenvalue weighted by atomic mass is 16.3. The smallest absolute Gasteiger partial charge is 0.136 e. The molecule has 0 amide bonds. The van der Waals surface area contributed by atoms with Crippen molar-refractivity contribution in [2.75, 3.05) is 5.01 Å². The van der Waals surface area contributed by atoms with E-state index in [9.17, 15) is 0 Å². The fourth-order valence-corrected chi connectivity index (χ4v) is 3.38. The van der Waals surface area contributed by atoms with Gasteiger partial charge in [0.1, 0.15) is 16.5 Å². The second-order valence-electron chi connectivity index (χ2n) is 6.53. The number of para-hydroxylation sites is 4. The molecule has 1 heterocycles. The zero-order valence-electron chi connectivity index (χ0n) is 15.2. The summed E-state index contributed by atoms with van der Waals surface area (Å²) in [4.78, 5) is 0. The lowest BCUT2D eigenvalue weighted by Crippen LogP contribution is -2.17. The van der Waals surface area contributed by atoms with Gasteiger partial charge >= 0.3 is 0 Å². The van der Waals surface area contributed by atoms with E-state index in [1.807, 2.05) is 77.8 Å². The van der Waals surface area contributed by atoms with Gasteiger partial charge in [0.05, 0.1) is 11.4 Å². The molecule has 134 valence electrons. The van der Waals surface area contributed by atoms with Gasteiger partial charge in [0, 0.05) is 10.8 Å². The topological polar surface area (TPSA) is 28.7 Å². The van der Waals surface area contributed by atoms with Gasteiger partial charge in [0.15, 0.2) is 0 Å². The Morgan fingerprint density at radius 3 is 1.43 bits per heavy atom. The second-order valence-corrected chi connectivity index (χ2v) is 6.53. The number of benzene rings is 4. The Morgan fingerprint density at radius 1 is 0.500 bits per heavy atom. The van der Waals surface area contributed by atoms with E-state index in [0.29, 0.717) is 0 Å². The van der Waals surface area contributed by atoms with Crippen LogP contribution < -0.4 is 10.4 Å². The largest absolute Gasteiger partial charge is 0.456 e. The van der Waals surface area contributed by atoms with Crippen molar-refractivity contribution in [3.8, 4) is 0 Å². The van der Waals surface area contributed by atoms with Gasteiger partial charge in [-0.2, -0.15) is 5.10 Å². The van der Waals surface area contributed by atoms with E-state index in [4.69, 9.17) is 9.52 Å². The Morgan fingerprint density at radius 2 is 0.929 bits per heavy atom. The van der Waals surface area contributed by atoms with E-state index in [1.54, 1.807) is 0 Å². The molecular formula is C25H18N2O. The lowest BCUT2D eigenvalue weighted by Gasteiger charge is -2.19. The summed E-state index contributed by atoms with van der Waals surface area (Å²) in [6, 6.07) is 36.4. The summed E-state index contributed by atoms with van der Waals surface area (Å²) in [5.74, 6) is 0. The van der Waals surface area contributed by atoms with Crippen LogP contribution in [-0.4, -0.2) is 0 Å². The first-order chi connectivity index (χ1) is 13.9. The summed E-state index contributed by atoms with van der Waals surface area (Å²) >= 11 is 0. The third-order valence-corrected chi connectivity index (χ3v) is 4.71. The maximum atomic E-state index is 6.10. The monoisotopic (exact) mass is 362 g/mol. The van der Waals surface area contributed by atoms with Gasteiger partial charge in [0.2, 0.25) is 0 Å². The van der Waals surface area contributed by atoms with Crippen LogP contribution in [0.4, 0.5) is 11.4 Å². The minimum absolute atomic E-state index is 0.820. The molecule has 0 fully saturated rings. The molecule has 0 radical (unpaired) electrons. The van der Waals surface area contributed by atoms with E-state index >= 15 is 0 Å². The lowest BCUT2D eigenvalue weighted by molar-refractivity contribution is 0.659. The van der Waals surface area contributed by atoms with Crippen LogP contribution in [0.3, 0.4) is 0 Å². The third-order valence-electron chi connectivity index (χ3n) is 4.71. The molecule has 1 aromatic heterocycles. The van der Waals surface area contributed by atoms with Gasteiger partial charge in [-0.1, -0.05) is 60.7 Å². The average molecular weight is 362 g/mol. The first-order valence-corrected chi connectivity index (χ1v) is 9.26. The fourth-order valence-electron chi connectivity index (χ4n) is 3.38. The van der Waals surface area contributed by atoms with Crippen molar-refractivity contribution >= 4 is 33.3 Å². The molecule has 4 aromatic carbocycles. The van der Waals surface area contributed by atoms with Crippen molar-refractivity contribution in [1.82, 2.24) is 0 Å². The standard InChI is InChI=1S/C25H18N2O/c1-3-11-19(12-4-1)27(20-13-5-2-6-14-20)26-25-21-15-7-9-17-23(21)28-24-18-10-8-16-22(24)25/h1-18H. The highest BCUT2D eigenvalue weighted by molar-refractivity contribution is 5.89. The molecule has 0 atom stereocenters. The minimum atomic E-state index is 0.820. The average Bonchev–Trinajstić information content (AvgIpc) is 2.78. The highest BCUT2D eigenvalue weighted by Gasteiger charge is 2.10. The van der Waals surface area contributed by atoms with Crippen LogP contribution in [0.1, 0.15) is 0 Å². The Bertz CT molecular complexity index is 1210. The maximum absolute atomic E-state index is 6.10. The number of fused-ring (bicyclic) bond motifs is 2. The van der Waals surface area contributed by atoms with E-state index in [-0.39, 0.29) is 0 Å². The van der Waals surface area contributed by atoms with Gasteiger partial charge in [-0.05, 0) is 48.5 Å². The number of nitrogens with zero attached hydrogens (tertiary/aromatic N) is 2. The number of hydrogen-bond donors (Lipinski definition) is 0. The Hall–Kier alpha value is -3.85. The number of rotatable bonds is 3. The summed E-state index contributed by atoms with van der Waals surface area (Å²) in [5, 5.41) is 9.97. The minimum Gasteiger partial charge on any atom is -0.456 e. The van der Waals surface area contributed by atoms with Crippen LogP contribution in [0.5, 0.6) is 0 Å². The summed E-state index contributed by atoms with van der Waals surface area (Å²) in [6.07, 6.45) is 0. The van der Waals surface area contributed by atoms with E-state index < -0.39 is 0 Å². The molecular weight excluding hydrogens is 344 g/mol. The van der Waals surface area contributed by atoms with Crippen molar-refractivity contribution in [1.29, 1.82) is 0 Å². The van der Waals surface area contributed by atoms with Crippen molar-refractivity contribution in [3.63, 3.8) is 0 Å². The van der Waals surface area contributed by atoms with Crippen LogP contribution in [-0.2, 0) is 0 Å². The third kappa shape index (κ3) is 2.93. The maximum Gasteiger partial charge on any atom is 0.136 e. The van der Waals surface area contributed by atoms with Crippen LogP contribution >= 0.6 is 0 Å². The van der Waals surface area contributed by atoms with Crippen LogP contribution in [0.15, 0.2) is 119 Å². The lowest BCUT2D eigenvalue weighted by atomic mass is 10.1. The molecule has 0 N–H and O–H groups in total. The molecule has 5 rings (SSSR count). The van der Waals surface area contributed by atoms with E-state index in [1.165, 1.54) is 0 Å². The summed E-state index contributed by atoms with van der Waals surface area (Å²) < 4.78 is 6.10. The first kappa shape index (κ1) is 16.3. The van der Waals surface area contributed by atoms with E-state index in [0.717, 1.165) is 38.7 Å². The fraction of sp³-hybridized carbons (Fsp3) is 0. The molecule has 0 unspecified atom stereocenters. The van der Waals surface area contributed by atoms with Gasteiger partial charge in [-0.25, -0.2) is 5.01 Å². The zero-order valence-corrected chi connectivity index (χ0v) is 15.2. The van der Waals surface area contributed by atoms with Crippen molar-refractivity contribution < 1.29 is 4.42 Å². The van der Waals surface area contributed by atoms with Crippen LogP contribution in [0, 0.1) is 0 Å². The van der Waals surface area contributed by atoms with Crippen LogP contribution in [0.25, 0.3) is 21.9 Å². The van der Waals surface area contributed by atoms with Gasteiger partial charge in [-0.15, -0.1) is 0 Å². The predicted molar refractivity (Wildman–Crippen MR) is 114 cm³/mol. The molecule has 0 spiro atoms. The van der Waals surface area contributed by atoms with Gasteiger partial charge < -0.3 is 4.42 Å². The molecule has 0 saturated heterocycles. The Balaban J connectivity index is 1.87. The summed E-state index contributed by atoms with van der Waals surface area (Å²) in [6.45, 7) is 0. The predicted octanol–water partition coefficient (Wildman–Crippen LogP) is 6.24. The first-order valence-electron chi connectivity index (χ1n) is 9.26. The van der Waals surface area contributed by atoms with Gasteiger partial charge in [-0.3, -0.25) is 0 Å². The normalized spacial score (nSPS) is 10.9. The Kier molecular flexibility index (Phi) is 4.11. The van der Waals surface area contributed by atoms with Crippen molar-refractivity contribution in [2.45, 2.75) is 0 Å². The molecule has 0 aliphatic heterocycles. The molecule has 5 aromatic rings. The number of anilines is 2. The van der Waals surface area contributed by atoms with Gasteiger partial charge in [0.25, 0.3) is 0 Å². The molecule has 3 nitrogen and oxygen atoms in total. The Labute approximate surface area is 162 Å². The molecule has 0 bridgehead atoms. The molecule has 28 heavy (non-hydrogen) atoms. The number of hydrogen-bond acceptors (Lipinski definition) is 3. The quantitative estimate of drug-likeness (QED) is 0.281. The molecule has 0 aliphatic rings. The summed E-state index contributed by atoms with van der Waals surface area (Å²) in [7, 11) is 0. The molecule has 3 heteroatoms. The molecule has 0 saturated carbocycles. The second kappa shape index (κ2) is 7.05. The zero-order chi connectivity index (χ0) is 18.8. The van der Waals surface area contributed by atoms with E-state index in [2.05, 4.69) is 36.4 Å². The highest BCUT2D eigenvalue weighted by Crippen LogP contribution is 2.26.